The molecule has 20 heavy (non-hydrogen) atoms. The quantitative estimate of drug-likeness (QED) is 0.873. The molecule has 4 heteroatoms. The normalized spacial score (nSPS) is 10.8. The van der Waals surface area contributed by atoms with Gasteiger partial charge in [-0.3, -0.25) is 4.98 Å². The van der Waals surface area contributed by atoms with Gasteiger partial charge in [0.25, 0.3) is 0 Å². The molecule has 0 aliphatic carbocycles. The van der Waals surface area contributed by atoms with E-state index in [4.69, 9.17) is 15.7 Å². The Kier molecular flexibility index (Phi) is 5.18. The summed E-state index contributed by atoms with van der Waals surface area (Å²) in [6.07, 6.45) is 7.09. The summed E-state index contributed by atoms with van der Waals surface area (Å²) >= 11 is 0. The third kappa shape index (κ3) is 3.39. The molecule has 0 aliphatic heterocycles. The van der Waals surface area contributed by atoms with Crippen molar-refractivity contribution in [1.82, 2.24) is 15.0 Å². The molecule has 0 fully saturated rings. The van der Waals surface area contributed by atoms with Gasteiger partial charge >= 0.3 is 0 Å². The highest BCUT2D eigenvalue weighted by molar-refractivity contribution is 5.28. The molecule has 2 heterocycles. The monoisotopic (exact) mass is 270 g/mol. The van der Waals surface area contributed by atoms with Crippen molar-refractivity contribution in [3.05, 3.63) is 52.9 Å². The van der Waals surface area contributed by atoms with Crippen LogP contribution in [0.3, 0.4) is 0 Å². The summed E-state index contributed by atoms with van der Waals surface area (Å²) in [5.74, 6) is 0.882. The smallest absolute Gasteiger partial charge is 0.133 e. The van der Waals surface area contributed by atoms with Gasteiger partial charge in [-0.2, -0.15) is 0 Å². The Balaban J connectivity index is 2.35. The molecule has 4 nitrogen and oxygen atoms in total. The molecule has 0 spiro atoms. The van der Waals surface area contributed by atoms with E-state index < -0.39 is 0 Å². The minimum atomic E-state index is 0.644. The average Bonchev–Trinajstić information content (AvgIpc) is 2.49. The topological polar surface area (TPSA) is 64.7 Å². The second-order valence-electron chi connectivity index (χ2n) is 4.80. The summed E-state index contributed by atoms with van der Waals surface area (Å²) in [7, 11) is 0. The maximum Gasteiger partial charge on any atom is 0.133 e. The molecule has 0 radical (unpaired) electrons. The first-order valence-electron chi connectivity index (χ1n) is 7.25. The summed E-state index contributed by atoms with van der Waals surface area (Å²) in [6.45, 7) is 4.91. The molecule has 0 saturated carbocycles. The van der Waals surface area contributed by atoms with Gasteiger partial charge < -0.3 is 5.73 Å². The predicted octanol–water partition coefficient (Wildman–Crippen LogP) is 2.09. The van der Waals surface area contributed by atoms with Gasteiger partial charge in [0.1, 0.15) is 5.82 Å². The van der Waals surface area contributed by atoms with Crippen molar-refractivity contribution < 1.29 is 0 Å². The minimum Gasteiger partial charge on any atom is -0.330 e. The molecular formula is C16H22N4. The van der Waals surface area contributed by atoms with Gasteiger partial charge in [-0.05, 0) is 43.0 Å². The van der Waals surface area contributed by atoms with Crippen molar-refractivity contribution in [1.29, 1.82) is 0 Å². The zero-order chi connectivity index (χ0) is 14.4. The molecule has 0 aliphatic rings. The Morgan fingerprint density at radius 3 is 2.30 bits per heavy atom. The summed E-state index contributed by atoms with van der Waals surface area (Å²) in [5.41, 5.74) is 10.4. The van der Waals surface area contributed by atoms with E-state index in [9.17, 15) is 0 Å². The molecule has 0 bridgehead atoms. The number of nitrogens with two attached hydrogens (primary N) is 1. The molecule has 0 unspecified atom stereocenters. The molecule has 0 aromatic carbocycles. The number of hydrogen-bond acceptors (Lipinski definition) is 4. The van der Waals surface area contributed by atoms with Gasteiger partial charge in [0, 0.05) is 30.2 Å². The van der Waals surface area contributed by atoms with Crippen LogP contribution in [0.1, 0.15) is 42.2 Å². The second kappa shape index (κ2) is 7.10. The molecule has 106 valence electrons. The highest BCUT2D eigenvalue weighted by Crippen LogP contribution is 2.15. The van der Waals surface area contributed by atoms with E-state index in [0.29, 0.717) is 6.54 Å². The van der Waals surface area contributed by atoms with Gasteiger partial charge in [0.05, 0.1) is 0 Å². The van der Waals surface area contributed by atoms with Crippen molar-refractivity contribution in [3.8, 4) is 0 Å². The molecule has 2 N–H and O–H groups in total. The summed E-state index contributed by atoms with van der Waals surface area (Å²) in [5, 5.41) is 0. The average molecular weight is 270 g/mol. The highest BCUT2D eigenvalue weighted by atomic mass is 14.9. The van der Waals surface area contributed by atoms with Crippen LogP contribution in [-0.2, 0) is 25.7 Å². The largest absolute Gasteiger partial charge is 0.330 e. The van der Waals surface area contributed by atoms with Gasteiger partial charge in [-0.25, -0.2) is 9.97 Å². The molecule has 2 rings (SSSR count). The Morgan fingerprint density at radius 2 is 1.80 bits per heavy atom. The fourth-order valence-electron chi connectivity index (χ4n) is 2.42. The predicted molar refractivity (Wildman–Crippen MR) is 80.6 cm³/mol. The van der Waals surface area contributed by atoms with Crippen molar-refractivity contribution >= 4 is 0 Å². The maximum atomic E-state index is 5.71. The lowest BCUT2D eigenvalue weighted by atomic mass is 10.0. The van der Waals surface area contributed by atoms with Gasteiger partial charge in [0.15, 0.2) is 0 Å². The highest BCUT2D eigenvalue weighted by Gasteiger charge is 2.12. The SMILES string of the molecule is CCc1nc(Cc2cccnc2)nc(CC)c1CCN. The number of rotatable bonds is 6. The molecule has 0 saturated heterocycles. The van der Waals surface area contributed by atoms with Crippen molar-refractivity contribution in [3.63, 3.8) is 0 Å². The van der Waals surface area contributed by atoms with Crippen LogP contribution >= 0.6 is 0 Å². The lowest BCUT2D eigenvalue weighted by Gasteiger charge is -2.13. The van der Waals surface area contributed by atoms with Crippen molar-refractivity contribution in [2.24, 2.45) is 5.73 Å². The maximum absolute atomic E-state index is 5.71. The fraction of sp³-hybridized carbons (Fsp3) is 0.438. The zero-order valence-electron chi connectivity index (χ0n) is 12.3. The van der Waals surface area contributed by atoms with Crippen LogP contribution in [0.5, 0.6) is 0 Å². The summed E-state index contributed by atoms with van der Waals surface area (Å²) < 4.78 is 0. The van der Waals surface area contributed by atoms with Crippen LogP contribution < -0.4 is 5.73 Å². The fourth-order valence-corrected chi connectivity index (χ4v) is 2.42. The Morgan fingerprint density at radius 1 is 1.10 bits per heavy atom. The Hall–Kier alpha value is -1.81. The number of nitrogens with zero attached hydrogens (tertiary/aromatic N) is 3. The van der Waals surface area contributed by atoms with E-state index >= 15 is 0 Å². The van der Waals surface area contributed by atoms with Gasteiger partial charge in [0.2, 0.25) is 0 Å². The number of hydrogen-bond donors (Lipinski definition) is 1. The van der Waals surface area contributed by atoms with Crippen LogP contribution in [0.4, 0.5) is 0 Å². The third-order valence-corrected chi connectivity index (χ3v) is 3.37. The van der Waals surface area contributed by atoms with Gasteiger partial charge in [-0.15, -0.1) is 0 Å². The van der Waals surface area contributed by atoms with E-state index in [1.165, 1.54) is 5.56 Å². The van der Waals surface area contributed by atoms with E-state index in [2.05, 4.69) is 24.9 Å². The minimum absolute atomic E-state index is 0.644. The van der Waals surface area contributed by atoms with Crippen LogP contribution in [0.25, 0.3) is 0 Å². The standard InChI is InChI=1S/C16H22N4/c1-3-14-13(7-8-17)15(4-2)20-16(19-14)10-12-6-5-9-18-11-12/h5-6,9,11H,3-4,7-8,10,17H2,1-2H3. The first-order valence-corrected chi connectivity index (χ1v) is 7.25. The molecule has 2 aromatic rings. The van der Waals surface area contributed by atoms with Crippen LogP contribution in [-0.4, -0.2) is 21.5 Å². The van der Waals surface area contributed by atoms with E-state index in [-0.39, 0.29) is 0 Å². The Labute approximate surface area is 120 Å². The first kappa shape index (κ1) is 14.6. The molecule has 2 aromatic heterocycles. The van der Waals surface area contributed by atoms with Gasteiger partial charge in [-0.1, -0.05) is 19.9 Å². The van der Waals surface area contributed by atoms with E-state index in [1.54, 1.807) is 6.20 Å². The second-order valence-corrected chi connectivity index (χ2v) is 4.80. The van der Waals surface area contributed by atoms with E-state index in [1.807, 2.05) is 12.3 Å². The summed E-state index contributed by atoms with van der Waals surface area (Å²) in [4.78, 5) is 13.6. The Bertz CT molecular complexity index is 527. The number of aryl methyl sites for hydroxylation is 2. The zero-order valence-corrected chi connectivity index (χ0v) is 12.3. The van der Waals surface area contributed by atoms with Crippen LogP contribution in [0, 0.1) is 0 Å². The van der Waals surface area contributed by atoms with Crippen LogP contribution in [0.2, 0.25) is 0 Å². The van der Waals surface area contributed by atoms with Crippen molar-refractivity contribution in [2.45, 2.75) is 39.5 Å². The molecule has 0 atom stereocenters. The molecular weight excluding hydrogens is 248 g/mol. The number of pyridine rings is 1. The van der Waals surface area contributed by atoms with E-state index in [0.717, 1.165) is 48.5 Å². The number of aromatic nitrogens is 3. The molecule has 0 amide bonds. The summed E-state index contributed by atoms with van der Waals surface area (Å²) in [6, 6.07) is 4.00. The lowest BCUT2D eigenvalue weighted by molar-refractivity contribution is 0.801. The first-order chi connectivity index (χ1) is 9.78. The third-order valence-electron chi connectivity index (χ3n) is 3.37. The lowest BCUT2D eigenvalue weighted by Crippen LogP contribution is -2.13. The van der Waals surface area contributed by atoms with Crippen LogP contribution in [0.15, 0.2) is 24.5 Å². The van der Waals surface area contributed by atoms with Crippen molar-refractivity contribution in [2.75, 3.05) is 6.54 Å².